The lowest BCUT2D eigenvalue weighted by molar-refractivity contribution is 0.416. The van der Waals surface area contributed by atoms with Gasteiger partial charge in [0.2, 0.25) is 0 Å². The van der Waals surface area contributed by atoms with Crippen LogP contribution in [0.5, 0.6) is 5.75 Å². The standard InChI is InChI=1S/C16H20N2O/c1-18(2)14-10-8-13(9-11-14)12-17-15-6-4-5-7-16(15)19-3/h4-11,17H,12H2,1-3H3. The van der Waals surface area contributed by atoms with Gasteiger partial charge in [0, 0.05) is 26.3 Å². The summed E-state index contributed by atoms with van der Waals surface area (Å²) in [4.78, 5) is 2.09. The molecule has 0 saturated carbocycles. The van der Waals surface area contributed by atoms with Gasteiger partial charge in [-0.15, -0.1) is 0 Å². The van der Waals surface area contributed by atoms with Crippen molar-refractivity contribution in [3.05, 3.63) is 54.1 Å². The van der Waals surface area contributed by atoms with E-state index >= 15 is 0 Å². The van der Waals surface area contributed by atoms with Crippen LogP contribution in [0.15, 0.2) is 48.5 Å². The van der Waals surface area contributed by atoms with Crippen molar-refractivity contribution < 1.29 is 4.74 Å². The second kappa shape index (κ2) is 6.14. The Morgan fingerprint density at radius 2 is 1.68 bits per heavy atom. The Kier molecular flexibility index (Phi) is 4.29. The Labute approximate surface area is 114 Å². The summed E-state index contributed by atoms with van der Waals surface area (Å²) < 4.78 is 5.32. The van der Waals surface area contributed by atoms with E-state index in [2.05, 4.69) is 34.5 Å². The highest BCUT2D eigenvalue weighted by Crippen LogP contribution is 2.23. The number of benzene rings is 2. The van der Waals surface area contributed by atoms with Crippen molar-refractivity contribution in [2.75, 3.05) is 31.4 Å². The molecule has 2 rings (SSSR count). The summed E-state index contributed by atoms with van der Waals surface area (Å²) in [6, 6.07) is 16.5. The van der Waals surface area contributed by atoms with Crippen LogP contribution >= 0.6 is 0 Å². The van der Waals surface area contributed by atoms with Crippen LogP contribution in [0.1, 0.15) is 5.56 Å². The predicted octanol–water partition coefficient (Wildman–Crippen LogP) is 3.37. The maximum Gasteiger partial charge on any atom is 0.141 e. The van der Waals surface area contributed by atoms with Crippen molar-refractivity contribution in [2.45, 2.75) is 6.54 Å². The Hall–Kier alpha value is -2.16. The smallest absolute Gasteiger partial charge is 0.141 e. The number of methoxy groups -OCH3 is 1. The van der Waals surface area contributed by atoms with Gasteiger partial charge >= 0.3 is 0 Å². The molecule has 0 saturated heterocycles. The molecule has 3 heteroatoms. The van der Waals surface area contributed by atoms with Crippen LogP contribution in [-0.4, -0.2) is 21.2 Å². The minimum absolute atomic E-state index is 0.786. The largest absolute Gasteiger partial charge is 0.495 e. The zero-order valence-electron chi connectivity index (χ0n) is 11.7. The van der Waals surface area contributed by atoms with Crippen LogP contribution in [0.2, 0.25) is 0 Å². The second-order valence-electron chi connectivity index (χ2n) is 4.61. The van der Waals surface area contributed by atoms with E-state index in [4.69, 9.17) is 4.74 Å². The van der Waals surface area contributed by atoms with Crippen molar-refractivity contribution in [3.63, 3.8) is 0 Å². The minimum atomic E-state index is 0.786. The van der Waals surface area contributed by atoms with Gasteiger partial charge < -0.3 is 15.0 Å². The van der Waals surface area contributed by atoms with E-state index in [0.29, 0.717) is 0 Å². The third-order valence-electron chi connectivity index (χ3n) is 3.04. The molecule has 0 bridgehead atoms. The molecule has 0 radical (unpaired) electrons. The number of anilines is 2. The van der Waals surface area contributed by atoms with Gasteiger partial charge in [-0.3, -0.25) is 0 Å². The molecule has 0 aliphatic rings. The molecule has 2 aromatic rings. The SMILES string of the molecule is COc1ccccc1NCc1ccc(N(C)C)cc1. The fraction of sp³-hybridized carbons (Fsp3) is 0.250. The van der Waals surface area contributed by atoms with E-state index in [1.54, 1.807) is 7.11 Å². The third-order valence-corrected chi connectivity index (χ3v) is 3.04. The molecule has 2 aromatic carbocycles. The molecule has 0 aromatic heterocycles. The molecule has 19 heavy (non-hydrogen) atoms. The molecular formula is C16H20N2O. The van der Waals surface area contributed by atoms with Crippen LogP contribution in [-0.2, 0) is 6.54 Å². The number of hydrogen-bond donors (Lipinski definition) is 1. The zero-order valence-corrected chi connectivity index (χ0v) is 11.7. The van der Waals surface area contributed by atoms with Crippen molar-refractivity contribution in [1.82, 2.24) is 0 Å². The number of hydrogen-bond acceptors (Lipinski definition) is 3. The molecule has 0 aliphatic carbocycles. The van der Waals surface area contributed by atoms with E-state index in [1.807, 2.05) is 38.4 Å². The van der Waals surface area contributed by atoms with Crippen molar-refractivity contribution in [1.29, 1.82) is 0 Å². The van der Waals surface area contributed by atoms with Gasteiger partial charge in [0.05, 0.1) is 12.8 Å². The summed E-state index contributed by atoms with van der Waals surface area (Å²) in [6.45, 7) is 0.786. The summed E-state index contributed by atoms with van der Waals surface area (Å²) in [5, 5.41) is 3.39. The number of nitrogens with one attached hydrogen (secondary N) is 1. The van der Waals surface area contributed by atoms with Gasteiger partial charge in [0.25, 0.3) is 0 Å². The minimum Gasteiger partial charge on any atom is -0.495 e. The first-order chi connectivity index (χ1) is 9.20. The molecule has 0 atom stereocenters. The lowest BCUT2D eigenvalue weighted by Gasteiger charge is -2.14. The van der Waals surface area contributed by atoms with Crippen LogP contribution in [0.4, 0.5) is 11.4 Å². The monoisotopic (exact) mass is 256 g/mol. The quantitative estimate of drug-likeness (QED) is 0.887. The lowest BCUT2D eigenvalue weighted by Crippen LogP contribution is -2.08. The van der Waals surface area contributed by atoms with Gasteiger partial charge in [-0.1, -0.05) is 24.3 Å². The number of rotatable bonds is 5. The third kappa shape index (κ3) is 3.41. The molecule has 0 fully saturated rings. The van der Waals surface area contributed by atoms with Crippen LogP contribution < -0.4 is 15.0 Å². The van der Waals surface area contributed by atoms with E-state index in [-0.39, 0.29) is 0 Å². The molecular weight excluding hydrogens is 236 g/mol. The summed E-state index contributed by atoms with van der Waals surface area (Å²) >= 11 is 0. The Balaban J connectivity index is 2.02. The first-order valence-corrected chi connectivity index (χ1v) is 6.34. The van der Waals surface area contributed by atoms with E-state index in [9.17, 15) is 0 Å². The van der Waals surface area contributed by atoms with Crippen molar-refractivity contribution in [3.8, 4) is 5.75 Å². The Bertz CT molecular complexity index is 521. The number of ether oxygens (including phenoxy) is 1. The van der Waals surface area contributed by atoms with Crippen molar-refractivity contribution in [2.24, 2.45) is 0 Å². The van der Waals surface area contributed by atoms with E-state index in [1.165, 1.54) is 11.3 Å². The number of para-hydroxylation sites is 2. The topological polar surface area (TPSA) is 24.5 Å². The fourth-order valence-corrected chi connectivity index (χ4v) is 1.90. The molecule has 3 nitrogen and oxygen atoms in total. The van der Waals surface area contributed by atoms with Gasteiger partial charge in [-0.2, -0.15) is 0 Å². The highest BCUT2D eigenvalue weighted by molar-refractivity contribution is 5.56. The summed E-state index contributed by atoms with van der Waals surface area (Å²) in [7, 11) is 5.77. The average molecular weight is 256 g/mol. The normalized spacial score (nSPS) is 10.1. The van der Waals surface area contributed by atoms with Crippen LogP contribution in [0, 0.1) is 0 Å². The molecule has 1 N–H and O–H groups in total. The fourth-order valence-electron chi connectivity index (χ4n) is 1.90. The number of nitrogens with zero attached hydrogens (tertiary/aromatic N) is 1. The van der Waals surface area contributed by atoms with Crippen LogP contribution in [0.3, 0.4) is 0 Å². The van der Waals surface area contributed by atoms with Crippen molar-refractivity contribution >= 4 is 11.4 Å². The average Bonchev–Trinajstić information content (AvgIpc) is 2.45. The summed E-state index contributed by atoms with van der Waals surface area (Å²) in [5.74, 6) is 0.868. The molecule has 0 spiro atoms. The molecule has 0 aliphatic heterocycles. The van der Waals surface area contributed by atoms with E-state index < -0.39 is 0 Å². The highest BCUT2D eigenvalue weighted by atomic mass is 16.5. The second-order valence-corrected chi connectivity index (χ2v) is 4.61. The molecule has 0 unspecified atom stereocenters. The van der Waals surface area contributed by atoms with Gasteiger partial charge in [0.1, 0.15) is 5.75 Å². The first kappa shape index (κ1) is 13.3. The predicted molar refractivity (Wildman–Crippen MR) is 81.1 cm³/mol. The summed E-state index contributed by atoms with van der Waals surface area (Å²) in [6.07, 6.45) is 0. The molecule has 0 heterocycles. The summed E-state index contributed by atoms with van der Waals surface area (Å²) in [5.41, 5.74) is 3.47. The zero-order chi connectivity index (χ0) is 13.7. The van der Waals surface area contributed by atoms with E-state index in [0.717, 1.165) is 18.0 Å². The molecule has 100 valence electrons. The van der Waals surface area contributed by atoms with Gasteiger partial charge in [0.15, 0.2) is 0 Å². The Morgan fingerprint density at radius 1 is 1.00 bits per heavy atom. The maximum absolute atomic E-state index is 5.32. The van der Waals surface area contributed by atoms with Gasteiger partial charge in [-0.25, -0.2) is 0 Å². The maximum atomic E-state index is 5.32. The highest BCUT2D eigenvalue weighted by Gasteiger charge is 2.01. The van der Waals surface area contributed by atoms with Gasteiger partial charge in [-0.05, 0) is 29.8 Å². The lowest BCUT2D eigenvalue weighted by atomic mass is 10.2. The Morgan fingerprint density at radius 3 is 2.32 bits per heavy atom. The van der Waals surface area contributed by atoms with Crippen LogP contribution in [0.25, 0.3) is 0 Å². The first-order valence-electron chi connectivity index (χ1n) is 6.34. The molecule has 0 amide bonds.